The standard InChI is InChI=1S/C19H15Cl2NO4S/c1-26-15-5-3-2-4-14(15)22-18(24)16(17(19(22)25)27-9-8-23)12-7-6-11(20)10-13(12)21/h2-7,10,23H,8-9H2,1H3. The molecule has 1 N–H and O–H groups in total. The zero-order valence-electron chi connectivity index (χ0n) is 14.2. The number of benzene rings is 2. The number of thioether (sulfide) groups is 1. The fourth-order valence-electron chi connectivity index (χ4n) is 2.75. The summed E-state index contributed by atoms with van der Waals surface area (Å²) in [5.41, 5.74) is 0.945. The Morgan fingerprint density at radius 3 is 2.52 bits per heavy atom. The Hall–Kier alpha value is -1.99. The third kappa shape index (κ3) is 3.71. The molecule has 0 atom stereocenters. The minimum atomic E-state index is -0.505. The largest absolute Gasteiger partial charge is 0.495 e. The normalized spacial score (nSPS) is 14.3. The molecule has 1 heterocycles. The fourth-order valence-corrected chi connectivity index (χ4v) is 4.11. The van der Waals surface area contributed by atoms with Crippen LogP contribution in [0.25, 0.3) is 5.57 Å². The van der Waals surface area contributed by atoms with Crippen LogP contribution in [0.2, 0.25) is 10.0 Å². The highest BCUT2D eigenvalue weighted by atomic mass is 35.5. The van der Waals surface area contributed by atoms with Crippen LogP contribution < -0.4 is 9.64 Å². The Balaban J connectivity index is 2.14. The molecule has 0 spiro atoms. The first-order valence-electron chi connectivity index (χ1n) is 7.94. The van der Waals surface area contributed by atoms with Gasteiger partial charge in [-0.05, 0) is 24.3 Å². The number of aliphatic hydroxyl groups excluding tert-OH is 1. The van der Waals surface area contributed by atoms with E-state index in [-0.39, 0.29) is 27.9 Å². The molecule has 2 amide bonds. The monoisotopic (exact) mass is 423 g/mol. The number of hydrogen-bond donors (Lipinski definition) is 1. The topological polar surface area (TPSA) is 66.8 Å². The van der Waals surface area contributed by atoms with Crippen molar-refractivity contribution in [3.8, 4) is 5.75 Å². The molecule has 0 aromatic heterocycles. The van der Waals surface area contributed by atoms with Crippen LogP contribution in [0.5, 0.6) is 5.75 Å². The third-order valence-electron chi connectivity index (χ3n) is 3.91. The summed E-state index contributed by atoms with van der Waals surface area (Å²) in [6.07, 6.45) is 0. The number of halogens is 2. The van der Waals surface area contributed by atoms with Crippen LogP contribution in [0.3, 0.4) is 0 Å². The Morgan fingerprint density at radius 2 is 1.85 bits per heavy atom. The van der Waals surface area contributed by atoms with E-state index >= 15 is 0 Å². The molecule has 8 heteroatoms. The van der Waals surface area contributed by atoms with Crippen LogP contribution in [0.15, 0.2) is 47.4 Å². The molecule has 0 bridgehead atoms. The molecule has 27 heavy (non-hydrogen) atoms. The minimum absolute atomic E-state index is 0.133. The van der Waals surface area contributed by atoms with E-state index in [1.54, 1.807) is 36.4 Å². The first-order valence-corrected chi connectivity index (χ1v) is 9.69. The van der Waals surface area contributed by atoms with E-state index in [1.807, 2.05) is 0 Å². The molecule has 5 nitrogen and oxygen atoms in total. The summed E-state index contributed by atoms with van der Waals surface area (Å²) in [4.78, 5) is 27.6. The van der Waals surface area contributed by atoms with E-state index in [9.17, 15) is 14.7 Å². The van der Waals surface area contributed by atoms with Crippen molar-refractivity contribution >= 4 is 58.0 Å². The van der Waals surface area contributed by atoms with E-state index in [1.165, 1.54) is 13.2 Å². The van der Waals surface area contributed by atoms with Gasteiger partial charge >= 0.3 is 0 Å². The number of rotatable bonds is 6. The van der Waals surface area contributed by atoms with Gasteiger partial charge in [0.1, 0.15) is 5.75 Å². The van der Waals surface area contributed by atoms with Crippen molar-refractivity contribution in [2.45, 2.75) is 0 Å². The average molecular weight is 424 g/mol. The molecule has 2 aromatic rings. The van der Waals surface area contributed by atoms with Crippen LogP contribution in [0.1, 0.15) is 5.56 Å². The Kier molecular flexibility index (Phi) is 6.11. The zero-order valence-corrected chi connectivity index (χ0v) is 16.6. The van der Waals surface area contributed by atoms with Gasteiger partial charge in [0.2, 0.25) is 0 Å². The smallest absolute Gasteiger partial charge is 0.272 e. The second-order valence-corrected chi connectivity index (χ2v) is 7.47. The first kappa shape index (κ1) is 19.8. The lowest BCUT2D eigenvalue weighted by molar-refractivity contribution is -0.119. The number of carbonyl (C=O) groups excluding carboxylic acids is 2. The molecule has 1 aliphatic heterocycles. The van der Waals surface area contributed by atoms with E-state index in [4.69, 9.17) is 27.9 Å². The van der Waals surface area contributed by atoms with E-state index in [0.29, 0.717) is 22.0 Å². The summed E-state index contributed by atoms with van der Waals surface area (Å²) >= 11 is 13.4. The predicted octanol–water partition coefficient (Wildman–Crippen LogP) is 4.01. The van der Waals surface area contributed by atoms with Crippen LogP contribution in [0.4, 0.5) is 5.69 Å². The number of nitrogens with zero attached hydrogens (tertiary/aromatic N) is 1. The lowest BCUT2D eigenvalue weighted by atomic mass is 10.1. The maximum absolute atomic E-state index is 13.2. The Labute approximate surface area is 170 Å². The maximum Gasteiger partial charge on any atom is 0.272 e. The number of methoxy groups -OCH3 is 1. The van der Waals surface area contributed by atoms with Crippen molar-refractivity contribution in [1.29, 1.82) is 0 Å². The van der Waals surface area contributed by atoms with Crippen molar-refractivity contribution < 1.29 is 19.4 Å². The Morgan fingerprint density at radius 1 is 1.11 bits per heavy atom. The minimum Gasteiger partial charge on any atom is -0.495 e. The second kappa shape index (κ2) is 8.35. The molecule has 3 rings (SSSR count). The number of aliphatic hydroxyl groups is 1. The maximum atomic E-state index is 13.2. The molecule has 1 aliphatic rings. The summed E-state index contributed by atoms with van der Waals surface area (Å²) in [6, 6.07) is 11.5. The van der Waals surface area contributed by atoms with Crippen molar-refractivity contribution in [1.82, 2.24) is 0 Å². The molecular formula is C19H15Cl2NO4S. The molecule has 0 unspecified atom stereocenters. The zero-order chi connectivity index (χ0) is 19.6. The van der Waals surface area contributed by atoms with E-state index in [2.05, 4.69) is 0 Å². The number of anilines is 1. The SMILES string of the molecule is COc1ccccc1N1C(=O)C(SCCO)=C(c2ccc(Cl)cc2Cl)C1=O. The highest BCUT2D eigenvalue weighted by Gasteiger charge is 2.41. The van der Waals surface area contributed by atoms with Crippen molar-refractivity contribution in [2.75, 3.05) is 24.4 Å². The number of carbonyl (C=O) groups is 2. The van der Waals surface area contributed by atoms with Gasteiger partial charge in [0.15, 0.2) is 0 Å². The highest BCUT2D eigenvalue weighted by Crippen LogP contribution is 2.42. The predicted molar refractivity (Wildman–Crippen MR) is 108 cm³/mol. The van der Waals surface area contributed by atoms with Gasteiger partial charge in [-0.2, -0.15) is 0 Å². The summed E-state index contributed by atoms with van der Waals surface area (Å²) in [7, 11) is 1.47. The number of ether oxygens (including phenoxy) is 1. The molecule has 0 radical (unpaired) electrons. The quantitative estimate of drug-likeness (QED) is 0.710. The van der Waals surface area contributed by atoms with Crippen LogP contribution >= 0.6 is 35.0 Å². The van der Waals surface area contributed by atoms with Crippen molar-refractivity contribution in [3.05, 3.63) is 63.0 Å². The summed E-state index contributed by atoms with van der Waals surface area (Å²) in [5, 5.41) is 9.86. The summed E-state index contributed by atoms with van der Waals surface area (Å²) in [5.74, 6) is -0.324. The van der Waals surface area contributed by atoms with Gasteiger partial charge in [-0.15, -0.1) is 11.8 Å². The lowest BCUT2D eigenvalue weighted by Gasteiger charge is -2.18. The number of hydrogen-bond acceptors (Lipinski definition) is 5. The Bertz CT molecular complexity index is 945. The first-order chi connectivity index (χ1) is 13.0. The fraction of sp³-hybridized carbons (Fsp3) is 0.158. The highest BCUT2D eigenvalue weighted by molar-refractivity contribution is 8.04. The van der Waals surface area contributed by atoms with Gasteiger partial charge in [-0.3, -0.25) is 9.59 Å². The van der Waals surface area contributed by atoms with Crippen LogP contribution in [-0.2, 0) is 9.59 Å². The number of para-hydroxylation sites is 2. The molecule has 0 saturated carbocycles. The van der Waals surface area contributed by atoms with Crippen molar-refractivity contribution in [3.63, 3.8) is 0 Å². The van der Waals surface area contributed by atoms with Gasteiger partial charge < -0.3 is 9.84 Å². The van der Waals surface area contributed by atoms with E-state index < -0.39 is 11.8 Å². The molecular weight excluding hydrogens is 409 g/mol. The van der Waals surface area contributed by atoms with E-state index in [0.717, 1.165) is 16.7 Å². The van der Waals surface area contributed by atoms with Crippen LogP contribution in [-0.4, -0.2) is 36.4 Å². The van der Waals surface area contributed by atoms with Crippen molar-refractivity contribution in [2.24, 2.45) is 0 Å². The van der Waals surface area contributed by atoms with Gasteiger partial charge in [-0.25, -0.2) is 4.90 Å². The van der Waals surface area contributed by atoms with Gasteiger partial charge in [0.05, 0.1) is 34.9 Å². The summed E-state index contributed by atoms with van der Waals surface area (Å²) in [6.45, 7) is -0.133. The number of imide groups is 1. The molecule has 0 aliphatic carbocycles. The molecule has 2 aromatic carbocycles. The van der Waals surface area contributed by atoms with Gasteiger partial charge in [0.25, 0.3) is 11.8 Å². The second-order valence-electron chi connectivity index (χ2n) is 5.52. The molecule has 0 saturated heterocycles. The summed E-state index contributed by atoms with van der Waals surface area (Å²) < 4.78 is 5.30. The van der Waals surface area contributed by atoms with Gasteiger partial charge in [0, 0.05) is 16.3 Å². The average Bonchev–Trinajstić information content (AvgIpc) is 2.90. The third-order valence-corrected chi connectivity index (χ3v) is 5.51. The lowest BCUT2D eigenvalue weighted by Crippen LogP contribution is -2.31. The number of amides is 2. The van der Waals surface area contributed by atoms with Crippen LogP contribution in [0, 0.1) is 0 Å². The molecule has 0 fully saturated rings. The molecule has 140 valence electrons. The van der Waals surface area contributed by atoms with Gasteiger partial charge in [-0.1, -0.05) is 41.4 Å².